The van der Waals surface area contributed by atoms with Gasteiger partial charge in [-0.2, -0.15) is 0 Å². The fourth-order valence-electron chi connectivity index (χ4n) is 6.89. The van der Waals surface area contributed by atoms with Crippen molar-refractivity contribution in [2.75, 3.05) is 16.5 Å². The smallest absolute Gasteiger partial charge is 0.167 e. The molecule has 9 rings (SSSR count). The SMILES string of the molecule is CC(C)c1ccnc(-n2c3ccccc3c3ccc(Oc4cc(-c5ccno5)cc(N5CN(c6ccc(F)cc6)c6ccccc65)c4)cc32)c1. The van der Waals surface area contributed by atoms with Crippen LogP contribution in [0.1, 0.15) is 25.3 Å². The van der Waals surface area contributed by atoms with Gasteiger partial charge in [-0.05, 0) is 90.3 Å². The van der Waals surface area contributed by atoms with E-state index in [2.05, 4.69) is 100 Å². The fraction of sp³-hybridized carbons (Fsp3) is 0.0952. The third-order valence-corrected chi connectivity index (χ3v) is 9.36. The third kappa shape index (κ3) is 5.13. The Hall–Kier alpha value is -6.41. The van der Waals surface area contributed by atoms with Crippen LogP contribution in [0, 0.1) is 5.82 Å². The number of ether oxygens (including phenoxy) is 1. The summed E-state index contributed by atoms with van der Waals surface area (Å²) in [5.41, 5.74) is 8.02. The lowest BCUT2D eigenvalue weighted by Crippen LogP contribution is -2.24. The summed E-state index contributed by atoms with van der Waals surface area (Å²) in [6.45, 7) is 4.91. The molecule has 5 aromatic carbocycles. The molecule has 0 N–H and O–H groups in total. The normalized spacial score (nSPS) is 12.7. The summed E-state index contributed by atoms with van der Waals surface area (Å²) in [7, 11) is 0. The molecule has 244 valence electrons. The molecule has 0 radical (unpaired) electrons. The highest BCUT2D eigenvalue weighted by Crippen LogP contribution is 2.46. The van der Waals surface area contributed by atoms with Gasteiger partial charge in [0.05, 0.1) is 28.6 Å². The third-order valence-electron chi connectivity index (χ3n) is 9.36. The summed E-state index contributed by atoms with van der Waals surface area (Å²) >= 11 is 0. The number of aromatic nitrogens is 3. The van der Waals surface area contributed by atoms with Crippen molar-refractivity contribution in [3.63, 3.8) is 0 Å². The Labute approximate surface area is 288 Å². The Morgan fingerprint density at radius 1 is 0.680 bits per heavy atom. The van der Waals surface area contributed by atoms with Gasteiger partial charge in [-0.25, -0.2) is 9.37 Å². The first kappa shape index (κ1) is 29.7. The molecule has 8 aromatic rings. The minimum atomic E-state index is -0.265. The van der Waals surface area contributed by atoms with Gasteiger partial charge in [0.1, 0.15) is 29.8 Å². The van der Waals surface area contributed by atoms with Gasteiger partial charge < -0.3 is 19.1 Å². The zero-order valence-corrected chi connectivity index (χ0v) is 27.5. The van der Waals surface area contributed by atoms with Crippen LogP contribution in [0.25, 0.3) is 38.9 Å². The van der Waals surface area contributed by atoms with Crippen LogP contribution < -0.4 is 14.5 Å². The van der Waals surface area contributed by atoms with Crippen LogP contribution in [-0.2, 0) is 0 Å². The van der Waals surface area contributed by atoms with Crippen molar-refractivity contribution in [1.82, 2.24) is 14.7 Å². The molecule has 50 heavy (non-hydrogen) atoms. The van der Waals surface area contributed by atoms with Crippen molar-refractivity contribution in [3.05, 3.63) is 151 Å². The lowest BCUT2D eigenvalue weighted by molar-refractivity contribution is 0.431. The molecule has 1 aliphatic rings. The Morgan fingerprint density at radius 2 is 1.44 bits per heavy atom. The second kappa shape index (κ2) is 11.9. The molecule has 0 aliphatic carbocycles. The van der Waals surface area contributed by atoms with E-state index < -0.39 is 0 Å². The molecule has 8 heteroatoms. The maximum absolute atomic E-state index is 13.8. The van der Waals surface area contributed by atoms with Crippen LogP contribution in [0.5, 0.6) is 11.5 Å². The van der Waals surface area contributed by atoms with Crippen molar-refractivity contribution in [2.45, 2.75) is 19.8 Å². The van der Waals surface area contributed by atoms with Crippen molar-refractivity contribution >= 4 is 44.6 Å². The summed E-state index contributed by atoms with van der Waals surface area (Å²) in [5, 5.41) is 6.24. The van der Waals surface area contributed by atoms with E-state index in [1.165, 1.54) is 17.7 Å². The Balaban J connectivity index is 1.15. The predicted molar refractivity (Wildman–Crippen MR) is 197 cm³/mol. The van der Waals surface area contributed by atoms with E-state index in [9.17, 15) is 4.39 Å². The summed E-state index contributed by atoms with van der Waals surface area (Å²) in [5.74, 6) is 2.95. The molecule has 0 spiro atoms. The van der Waals surface area contributed by atoms with Gasteiger partial charge in [-0.3, -0.25) is 4.57 Å². The summed E-state index contributed by atoms with van der Waals surface area (Å²) < 4.78 is 28.4. The van der Waals surface area contributed by atoms with Crippen LogP contribution >= 0.6 is 0 Å². The maximum atomic E-state index is 13.8. The van der Waals surface area contributed by atoms with Gasteiger partial charge in [0.25, 0.3) is 0 Å². The first-order valence-electron chi connectivity index (χ1n) is 16.6. The van der Waals surface area contributed by atoms with E-state index in [0.29, 0.717) is 29.8 Å². The van der Waals surface area contributed by atoms with E-state index >= 15 is 0 Å². The van der Waals surface area contributed by atoms with Crippen LogP contribution in [-0.4, -0.2) is 21.4 Å². The summed E-state index contributed by atoms with van der Waals surface area (Å²) in [6.07, 6.45) is 3.52. The van der Waals surface area contributed by atoms with Crippen molar-refractivity contribution in [2.24, 2.45) is 0 Å². The van der Waals surface area contributed by atoms with Gasteiger partial charge in [-0.1, -0.05) is 49.3 Å². The predicted octanol–water partition coefficient (Wildman–Crippen LogP) is 11.1. The number of benzene rings is 5. The highest BCUT2D eigenvalue weighted by Gasteiger charge is 2.29. The number of para-hydroxylation sites is 3. The van der Waals surface area contributed by atoms with E-state index in [-0.39, 0.29) is 5.82 Å². The molecule has 4 heterocycles. The number of hydrogen-bond donors (Lipinski definition) is 0. The van der Waals surface area contributed by atoms with E-state index in [4.69, 9.17) is 14.2 Å². The van der Waals surface area contributed by atoms with E-state index in [0.717, 1.165) is 55.9 Å². The molecule has 3 aromatic heterocycles. The molecule has 0 atom stereocenters. The van der Waals surface area contributed by atoms with Gasteiger partial charge in [-0.15, -0.1) is 0 Å². The number of anilines is 4. The van der Waals surface area contributed by atoms with Gasteiger partial charge in [0, 0.05) is 52.1 Å². The summed E-state index contributed by atoms with van der Waals surface area (Å²) in [4.78, 5) is 9.20. The average molecular weight is 658 g/mol. The highest BCUT2D eigenvalue weighted by atomic mass is 19.1. The minimum Gasteiger partial charge on any atom is -0.457 e. The van der Waals surface area contributed by atoms with Crippen molar-refractivity contribution in [3.8, 4) is 28.6 Å². The molecule has 0 fully saturated rings. The monoisotopic (exact) mass is 657 g/mol. The van der Waals surface area contributed by atoms with Gasteiger partial charge in [0.2, 0.25) is 0 Å². The number of nitrogens with zero attached hydrogens (tertiary/aromatic N) is 5. The number of rotatable bonds is 7. The molecular formula is C42H32FN5O2. The number of halogens is 1. The quantitative estimate of drug-likeness (QED) is 0.170. The number of hydrogen-bond acceptors (Lipinski definition) is 6. The lowest BCUT2D eigenvalue weighted by atomic mass is 10.1. The van der Waals surface area contributed by atoms with Crippen molar-refractivity contribution in [1.29, 1.82) is 0 Å². The van der Waals surface area contributed by atoms with Crippen LogP contribution in [0.3, 0.4) is 0 Å². The molecule has 0 bridgehead atoms. The molecule has 0 unspecified atom stereocenters. The van der Waals surface area contributed by atoms with E-state index in [1.54, 1.807) is 18.3 Å². The molecule has 0 saturated heterocycles. The molecule has 1 aliphatic heterocycles. The molecular weight excluding hydrogens is 625 g/mol. The Morgan fingerprint density at radius 3 is 2.22 bits per heavy atom. The minimum absolute atomic E-state index is 0.265. The van der Waals surface area contributed by atoms with E-state index in [1.807, 2.05) is 42.6 Å². The fourth-order valence-corrected chi connectivity index (χ4v) is 6.89. The maximum Gasteiger partial charge on any atom is 0.167 e. The molecule has 0 saturated carbocycles. The number of pyridine rings is 1. The average Bonchev–Trinajstić information content (AvgIpc) is 3.89. The molecule has 0 amide bonds. The topological polar surface area (TPSA) is 59.6 Å². The first-order valence-corrected chi connectivity index (χ1v) is 16.6. The highest BCUT2D eigenvalue weighted by molar-refractivity contribution is 6.09. The summed E-state index contributed by atoms with van der Waals surface area (Å²) in [6, 6.07) is 41.6. The second-order valence-electron chi connectivity index (χ2n) is 12.8. The van der Waals surface area contributed by atoms with Crippen molar-refractivity contribution < 1.29 is 13.7 Å². The second-order valence-corrected chi connectivity index (χ2v) is 12.8. The standard InChI is InChI=1S/C42H32FN5O2/c1-27(2)28-17-19-44-42(23-28)48-37-8-4-3-7-35(37)36-16-15-33(25-40(36)48)49-34-22-29(41-18-20-45-50-41)21-32(24-34)47-26-46(31-13-11-30(43)12-14-31)38-9-5-6-10-39(38)47/h3-25,27H,26H2,1-2H3. The largest absolute Gasteiger partial charge is 0.457 e. The zero-order chi connectivity index (χ0) is 33.8. The van der Waals surface area contributed by atoms with Crippen LogP contribution in [0.2, 0.25) is 0 Å². The van der Waals surface area contributed by atoms with Gasteiger partial charge >= 0.3 is 0 Å². The molecule has 7 nitrogen and oxygen atoms in total. The zero-order valence-electron chi connectivity index (χ0n) is 27.5. The lowest BCUT2D eigenvalue weighted by Gasteiger charge is -2.23. The Bertz CT molecular complexity index is 2510. The van der Waals surface area contributed by atoms with Crippen LogP contribution in [0.15, 0.2) is 144 Å². The van der Waals surface area contributed by atoms with Gasteiger partial charge in [0.15, 0.2) is 5.76 Å². The number of fused-ring (bicyclic) bond motifs is 4. The van der Waals surface area contributed by atoms with Crippen LogP contribution in [0.4, 0.5) is 27.1 Å². The Kier molecular flexibility index (Phi) is 7.09. The first-order chi connectivity index (χ1) is 24.5.